The molecule has 59 heavy (non-hydrogen) atoms. The highest BCUT2D eigenvalue weighted by molar-refractivity contribution is 5.96. The third-order valence-electron chi connectivity index (χ3n) is 12.4. The van der Waals surface area contributed by atoms with Crippen LogP contribution in [0.1, 0.15) is 58.4 Å². The van der Waals surface area contributed by atoms with Gasteiger partial charge in [-0.25, -0.2) is 0 Å². The van der Waals surface area contributed by atoms with E-state index in [0.29, 0.717) is 0 Å². The van der Waals surface area contributed by atoms with Crippen molar-refractivity contribution in [3.63, 3.8) is 0 Å². The summed E-state index contributed by atoms with van der Waals surface area (Å²) in [6.07, 6.45) is 13.4. The lowest BCUT2D eigenvalue weighted by atomic mass is 9.81. The summed E-state index contributed by atoms with van der Waals surface area (Å²) < 4.78 is 0. The lowest BCUT2D eigenvalue weighted by Crippen LogP contribution is -2.17. The monoisotopic (exact) mass is 754 g/mol. The Hall–Kier alpha value is -7.42. The summed E-state index contributed by atoms with van der Waals surface area (Å²) in [5, 5.41) is 0. The maximum absolute atomic E-state index is 2.42. The molecular formula is C57H42N2. The van der Waals surface area contributed by atoms with E-state index in [9.17, 15) is 0 Å². The Morgan fingerprint density at radius 2 is 0.729 bits per heavy atom. The van der Waals surface area contributed by atoms with Crippen molar-refractivity contribution in [2.45, 2.75) is 19.3 Å². The molecule has 11 rings (SSSR count). The summed E-state index contributed by atoms with van der Waals surface area (Å²) in [6, 6.07) is 66.4. The van der Waals surface area contributed by atoms with E-state index in [1.165, 1.54) is 95.2 Å². The van der Waals surface area contributed by atoms with E-state index in [2.05, 4.69) is 242 Å². The maximum Gasteiger partial charge on any atom is 0.0534 e. The smallest absolute Gasteiger partial charge is 0.0534 e. The van der Waals surface area contributed by atoms with E-state index in [0.717, 1.165) is 5.69 Å². The summed E-state index contributed by atoms with van der Waals surface area (Å²) in [5.74, 6) is 0. The first-order valence-corrected chi connectivity index (χ1v) is 20.5. The van der Waals surface area contributed by atoms with Crippen molar-refractivity contribution < 1.29 is 0 Å². The first-order chi connectivity index (χ1) is 29.0. The Labute approximate surface area is 347 Å². The van der Waals surface area contributed by atoms with Crippen LogP contribution in [0.5, 0.6) is 0 Å². The number of hydrogen-bond acceptors (Lipinski definition) is 2. The zero-order valence-corrected chi connectivity index (χ0v) is 33.2. The van der Waals surface area contributed by atoms with Crippen molar-refractivity contribution in [3.8, 4) is 22.3 Å². The van der Waals surface area contributed by atoms with Crippen LogP contribution < -0.4 is 9.80 Å². The molecular weight excluding hydrogens is 713 g/mol. The standard InChI is InChI=1S/C57H42N2/c1-57(2)51-37-40(23-35-49(51)50-36-34-48(38-52(50)57)59-55-17-9-5-13-45(55)28-29-46-14-6-10-18-56(46)59)20-19-39-21-24-41(25-22-39)42-30-32-47(33-31-42)58-53-15-7-3-11-43(53)26-27-44-12-4-8-16-54(44)58/h3-38H,1-2H3/b20-19+. The van der Waals surface area contributed by atoms with Gasteiger partial charge in [-0.2, -0.15) is 0 Å². The van der Waals surface area contributed by atoms with Gasteiger partial charge in [0, 0.05) is 16.8 Å². The van der Waals surface area contributed by atoms with E-state index in [1.807, 2.05) is 0 Å². The van der Waals surface area contributed by atoms with Crippen molar-refractivity contribution in [3.05, 3.63) is 226 Å². The first-order valence-electron chi connectivity index (χ1n) is 20.5. The van der Waals surface area contributed by atoms with Crippen LogP contribution in [0.15, 0.2) is 182 Å². The summed E-state index contributed by atoms with van der Waals surface area (Å²) in [4.78, 5) is 4.79. The topological polar surface area (TPSA) is 6.48 Å². The second-order valence-corrected chi connectivity index (χ2v) is 16.2. The summed E-state index contributed by atoms with van der Waals surface area (Å²) in [5.41, 5.74) is 21.9. The summed E-state index contributed by atoms with van der Waals surface area (Å²) in [7, 11) is 0. The predicted molar refractivity (Wildman–Crippen MR) is 252 cm³/mol. The molecule has 2 heterocycles. The molecule has 0 saturated carbocycles. The lowest BCUT2D eigenvalue weighted by molar-refractivity contribution is 0.660. The average molecular weight is 755 g/mol. The third kappa shape index (κ3) is 5.96. The molecule has 3 aliphatic rings. The van der Waals surface area contributed by atoms with Gasteiger partial charge in [0.15, 0.2) is 0 Å². The second-order valence-electron chi connectivity index (χ2n) is 16.2. The van der Waals surface area contributed by atoms with Crippen LogP contribution in [-0.4, -0.2) is 0 Å². The van der Waals surface area contributed by atoms with Crippen molar-refractivity contribution in [1.82, 2.24) is 0 Å². The number of nitrogens with zero attached hydrogens (tertiary/aromatic N) is 2. The molecule has 0 bridgehead atoms. The molecule has 0 atom stereocenters. The molecule has 0 unspecified atom stereocenters. The number of hydrogen-bond donors (Lipinski definition) is 0. The molecule has 280 valence electrons. The Bertz CT molecular complexity index is 2920. The van der Waals surface area contributed by atoms with E-state index in [-0.39, 0.29) is 5.41 Å². The fraction of sp³-hybridized carbons (Fsp3) is 0.0526. The molecule has 2 heteroatoms. The van der Waals surface area contributed by atoms with Crippen LogP contribution in [0.2, 0.25) is 0 Å². The van der Waals surface area contributed by atoms with Crippen LogP contribution in [0.25, 0.3) is 58.7 Å². The molecule has 2 nitrogen and oxygen atoms in total. The zero-order chi connectivity index (χ0) is 39.5. The van der Waals surface area contributed by atoms with Crippen molar-refractivity contribution in [2.24, 2.45) is 0 Å². The highest BCUT2D eigenvalue weighted by Gasteiger charge is 2.36. The fourth-order valence-electron chi connectivity index (χ4n) is 9.27. The highest BCUT2D eigenvalue weighted by Crippen LogP contribution is 2.52. The normalized spacial score (nSPS) is 14.1. The number of fused-ring (bicyclic) bond motifs is 7. The van der Waals surface area contributed by atoms with Crippen LogP contribution in [-0.2, 0) is 5.41 Å². The minimum absolute atomic E-state index is 0.151. The third-order valence-corrected chi connectivity index (χ3v) is 12.4. The van der Waals surface area contributed by atoms with E-state index in [1.54, 1.807) is 0 Å². The van der Waals surface area contributed by atoms with Gasteiger partial charge in [-0.05, 0) is 115 Å². The van der Waals surface area contributed by atoms with Crippen LogP contribution >= 0.6 is 0 Å². The minimum Gasteiger partial charge on any atom is -0.309 e. The molecule has 0 amide bonds. The number of rotatable bonds is 5. The van der Waals surface area contributed by atoms with E-state index in [4.69, 9.17) is 0 Å². The van der Waals surface area contributed by atoms with Gasteiger partial charge in [0.2, 0.25) is 0 Å². The zero-order valence-electron chi connectivity index (χ0n) is 33.2. The van der Waals surface area contributed by atoms with E-state index >= 15 is 0 Å². The molecule has 8 aromatic rings. The Kier molecular flexibility index (Phi) is 8.20. The summed E-state index contributed by atoms with van der Waals surface area (Å²) >= 11 is 0. The van der Waals surface area contributed by atoms with Gasteiger partial charge in [-0.3, -0.25) is 0 Å². The van der Waals surface area contributed by atoms with Crippen LogP contribution in [0.3, 0.4) is 0 Å². The first kappa shape index (κ1) is 34.8. The largest absolute Gasteiger partial charge is 0.309 e. The van der Waals surface area contributed by atoms with Crippen LogP contribution in [0.4, 0.5) is 34.1 Å². The van der Waals surface area contributed by atoms with Gasteiger partial charge in [0.05, 0.1) is 22.7 Å². The SMILES string of the molecule is CC1(C)c2cc(/C=C/c3ccc(-c4ccc(N5c6ccccc6C=Cc6ccccc65)cc4)cc3)ccc2-c2ccc(N3c4ccccc4C=Cc4ccccc43)cc21. The Morgan fingerprint density at radius 3 is 1.24 bits per heavy atom. The van der Waals surface area contributed by atoms with Crippen molar-refractivity contribution in [1.29, 1.82) is 0 Å². The minimum atomic E-state index is -0.151. The number of benzene rings is 8. The molecule has 0 saturated heterocycles. The number of anilines is 6. The molecule has 0 spiro atoms. The van der Waals surface area contributed by atoms with Gasteiger partial charge in [0.1, 0.15) is 0 Å². The number of para-hydroxylation sites is 4. The molecule has 0 aromatic heterocycles. The average Bonchev–Trinajstić information content (AvgIpc) is 3.41. The second kappa shape index (κ2) is 13.9. The van der Waals surface area contributed by atoms with Crippen LogP contribution in [0, 0.1) is 0 Å². The Balaban J connectivity index is 0.842. The molecule has 2 aliphatic heterocycles. The quantitative estimate of drug-likeness (QED) is 0.161. The molecule has 0 fully saturated rings. The Morgan fingerprint density at radius 1 is 0.356 bits per heavy atom. The summed E-state index contributed by atoms with van der Waals surface area (Å²) in [6.45, 7) is 4.74. The molecule has 1 aliphatic carbocycles. The maximum atomic E-state index is 2.42. The van der Waals surface area contributed by atoms with Crippen molar-refractivity contribution >= 4 is 70.6 Å². The lowest BCUT2D eigenvalue weighted by Gasteiger charge is -2.29. The molecule has 0 radical (unpaired) electrons. The predicted octanol–water partition coefficient (Wildman–Crippen LogP) is 15.7. The van der Waals surface area contributed by atoms with Gasteiger partial charge in [-0.15, -0.1) is 0 Å². The van der Waals surface area contributed by atoms with Gasteiger partial charge >= 0.3 is 0 Å². The van der Waals surface area contributed by atoms with Gasteiger partial charge < -0.3 is 9.80 Å². The highest BCUT2D eigenvalue weighted by atomic mass is 15.2. The van der Waals surface area contributed by atoms with Gasteiger partial charge in [-0.1, -0.05) is 184 Å². The van der Waals surface area contributed by atoms with Gasteiger partial charge in [0.25, 0.3) is 0 Å². The van der Waals surface area contributed by atoms with E-state index < -0.39 is 0 Å². The van der Waals surface area contributed by atoms with Crippen molar-refractivity contribution in [2.75, 3.05) is 9.80 Å². The molecule has 8 aromatic carbocycles. The molecule has 0 N–H and O–H groups in total. The fourth-order valence-corrected chi connectivity index (χ4v) is 9.27.